The van der Waals surface area contributed by atoms with Crippen LogP contribution < -0.4 is 14.7 Å². The fraction of sp³-hybridized carbons (Fsp3) is 0.154. The number of rotatable bonds is 3. The van der Waals surface area contributed by atoms with Crippen molar-refractivity contribution >= 4 is 77.0 Å². The fourth-order valence-electron chi connectivity index (χ4n) is 7.18. The number of thiocarbonyl (C=S) groups is 1. The molecule has 1 saturated heterocycles. The van der Waals surface area contributed by atoms with Crippen molar-refractivity contribution in [3.8, 4) is 0 Å². The van der Waals surface area contributed by atoms with Crippen LogP contribution in [0.15, 0.2) is 115 Å². The van der Waals surface area contributed by atoms with Crippen LogP contribution in [0.1, 0.15) is 54.4 Å². The summed E-state index contributed by atoms with van der Waals surface area (Å²) in [4.78, 5) is 33.8. The number of para-hydroxylation sites is 4. The van der Waals surface area contributed by atoms with E-state index in [4.69, 9.17) is 12.2 Å². The molecule has 1 aromatic heterocycles. The van der Waals surface area contributed by atoms with Gasteiger partial charge in [0.05, 0.1) is 0 Å². The number of amides is 2. The van der Waals surface area contributed by atoms with E-state index < -0.39 is 11.8 Å². The number of benzene rings is 4. The van der Waals surface area contributed by atoms with E-state index in [0.29, 0.717) is 11.4 Å². The van der Waals surface area contributed by atoms with Gasteiger partial charge in [-0.3, -0.25) is 0 Å². The summed E-state index contributed by atoms with van der Waals surface area (Å²) < 4.78 is 2.23. The summed E-state index contributed by atoms with van der Waals surface area (Å²) in [6, 6.07) is 36.2. The monoisotopic (exact) mass is 685 g/mol. The van der Waals surface area contributed by atoms with Crippen LogP contribution in [0, 0.1) is 0 Å². The molecule has 0 unspecified atom stereocenters. The van der Waals surface area contributed by atoms with Gasteiger partial charge in [-0.15, -0.1) is 0 Å². The van der Waals surface area contributed by atoms with Gasteiger partial charge in [-0.25, -0.2) is 0 Å². The van der Waals surface area contributed by atoms with E-state index in [1.54, 1.807) is 0 Å². The zero-order chi connectivity index (χ0) is 32.0. The Labute approximate surface area is 280 Å². The summed E-state index contributed by atoms with van der Waals surface area (Å²) in [6.45, 7) is 9.20. The minimum absolute atomic E-state index is 0.102. The van der Waals surface area contributed by atoms with E-state index in [9.17, 15) is 9.59 Å². The molecule has 0 N–H and O–H groups in total. The molecule has 1 fully saturated rings. The Bertz CT molecular complexity index is 2070. The Hall–Kier alpha value is -4.55. The van der Waals surface area contributed by atoms with Crippen molar-refractivity contribution in [1.82, 2.24) is 0 Å². The minimum atomic E-state index is -0.412. The third-order valence-corrected chi connectivity index (χ3v) is 12.2. The molecule has 0 radical (unpaired) electrons. The third-order valence-electron chi connectivity index (χ3n) is 9.60. The maximum atomic E-state index is 14.2. The Kier molecular flexibility index (Phi) is 6.42. The molecule has 3 aliphatic heterocycles. The van der Waals surface area contributed by atoms with Crippen LogP contribution >= 0.6 is 12.2 Å². The third kappa shape index (κ3) is 4.02. The Balaban J connectivity index is 1.32. The first kappa shape index (κ1) is 28.9. The molecule has 0 saturated carbocycles. The number of nitrogens with zero attached hydrogens (tertiary/aromatic N) is 3. The molecule has 226 valence electrons. The molecule has 5 nitrogen and oxygen atoms in total. The van der Waals surface area contributed by atoms with E-state index in [-0.39, 0.29) is 36.0 Å². The van der Waals surface area contributed by atoms with Crippen LogP contribution in [0.3, 0.4) is 0 Å². The number of carbonyl (C=O) groups is 2. The molecule has 3 aliphatic rings. The Morgan fingerprint density at radius 3 is 1.70 bits per heavy atom. The van der Waals surface area contributed by atoms with Crippen molar-refractivity contribution in [3.05, 3.63) is 141 Å². The zero-order valence-corrected chi connectivity index (χ0v) is 28.5. The summed E-state index contributed by atoms with van der Waals surface area (Å²) in [5, 5.41) is 0.143. The van der Waals surface area contributed by atoms with E-state index in [1.807, 2.05) is 66.7 Å². The van der Waals surface area contributed by atoms with Gasteiger partial charge in [0, 0.05) is 0 Å². The average Bonchev–Trinajstić information content (AvgIpc) is 3.49. The van der Waals surface area contributed by atoms with Gasteiger partial charge in [-0.05, 0) is 0 Å². The first-order valence-corrected chi connectivity index (χ1v) is 17.5. The quantitative estimate of drug-likeness (QED) is 0.0832. The molecule has 0 bridgehead atoms. The molecule has 8 rings (SSSR count). The van der Waals surface area contributed by atoms with Gasteiger partial charge in [0.2, 0.25) is 0 Å². The van der Waals surface area contributed by atoms with Crippen molar-refractivity contribution in [2.75, 3.05) is 14.7 Å². The summed E-state index contributed by atoms with van der Waals surface area (Å²) in [5.41, 5.74) is 8.50. The van der Waals surface area contributed by atoms with Crippen LogP contribution in [0.2, 0.25) is 0 Å². The second-order valence-electron chi connectivity index (χ2n) is 13.0. The Morgan fingerprint density at radius 2 is 1.11 bits per heavy atom. The van der Waals surface area contributed by atoms with Crippen molar-refractivity contribution in [2.24, 2.45) is 0 Å². The summed E-state index contributed by atoms with van der Waals surface area (Å²) in [6.07, 6.45) is 1.82. The summed E-state index contributed by atoms with van der Waals surface area (Å²) in [7, 11) is 0. The number of carbonyl (C=O) groups excluding carboxylic acids is 2. The standard InChI is InChI=1S/C39H31N3O2SSe/c1-38(2)28-18-11-12-21-32(28)42-33-29(38)19-13-20-30(33)39(3,4)31-23-26(46-36(31)42)22-27-34(43)40(24-14-7-5-8-15-24)37(45)41(35(27)44)25-16-9-6-10-17-25/h5-23H,1-4H3. The van der Waals surface area contributed by atoms with Crippen LogP contribution in [-0.4, -0.2) is 31.4 Å². The number of fused-ring (bicyclic) bond motifs is 4. The fourth-order valence-corrected chi connectivity index (χ4v) is 10.2. The van der Waals surface area contributed by atoms with Gasteiger partial charge >= 0.3 is 281 Å². The molecular formula is C39H31N3O2SSe. The van der Waals surface area contributed by atoms with E-state index in [2.05, 4.69) is 81.1 Å². The van der Waals surface area contributed by atoms with Gasteiger partial charge in [-0.2, -0.15) is 0 Å². The van der Waals surface area contributed by atoms with Crippen molar-refractivity contribution in [2.45, 2.75) is 38.5 Å². The number of anilines is 5. The van der Waals surface area contributed by atoms with Crippen LogP contribution in [0.5, 0.6) is 0 Å². The van der Waals surface area contributed by atoms with E-state index in [1.165, 1.54) is 48.0 Å². The molecular weight excluding hydrogens is 653 g/mol. The molecule has 7 heteroatoms. The average molecular weight is 685 g/mol. The molecule has 46 heavy (non-hydrogen) atoms. The number of hydrogen-bond acceptors (Lipinski definition) is 4. The molecule has 4 heterocycles. The molecule has 0 spiro atoms. The SMILES string of the molecule is CC1(C)c2ccccc2N2c3[se]c(C=C4C(=O)N(c5ccccc5)C(=S)N(c5ccccc5)C4=O)cc3C(C)(C)c3cccc1c32. The summed E-state index contributed by atoms with van der Waals surface area (Å²) in [5.74, 6) is -0.824. The van der Waals surface area contributed by atoms with Gasteiger partial charge in [-0.1, -0.05) is 0 Å². The van der Waals surface area contributed by atoms with Crippen LogP contribution in [0.4, 0.5) is 27.3 Å². The topological polar surface area (TPSA) is 43.9 Å². The van der Waals surface area contributed by atoms with Gasteiger partial charge in [0.25, 0.3) is 0 Å². The first-order chi connectivity index (χ1) is 22.1. The van der Waals surface area contributed by atoms with Crippen LogP contribution in [-0.2, 0) is 20.4 Å². The second-order valence-corrected chi connectivity index (χ2v) is 15.6. The second kappa shape index (κ2) is 10.2. The molecule has 0 atom stereocenters. The summed E-state index contributed by atoms with van der Waals surface area (Å²) >= 11 is 5.64. The van der Waals surface area contributed by atoms with Gasteiger partial charge in [0.15, 0.2) is 0 Å². The van der Waals surface area contributed by atoms with Crippen molar-refractivity contribution in [1.29, 1.82) is 0 Å². The maximum absolute atomic E-state index is 14.2. The zero-order valence-electron chi connectivity index (χ0n) is 25.9. The van der Waals surface area contributed by atoms with Crippen molar-refractivity contribution in [3.63, 3.8) is 0 Å². The molecule has 4 aromatic carbocycles. The van der Waals surface area contributed by atoms with Crippen molar-refractivity contribution < 1.29 is 9.59 Å². The normalized spacial score (nSPS) is 17.4. The van der Waals surface area contributed by atoms with E-state index in [0.717, 1.165) is 4.44 Å². The predicted octanol–water partition coefficient (Wildman–Crippen LogP) is 8.24. The number of hydrogen-bond donors (Lipinski definition) is 0. The molecule has 5 aromatic rings. The Morgan fingerprint density at radius 1 is 0.609 bits per heavy atom. The van der Waals surface area contributed by atoms with Crippen LogP contribution in [0.25, 0.3) is 6.08 Å². The molecule has 0 aliphatic carbocycles. The first-order valence-electron chi connectivity index (χ1n) is 15.3. The van der Waals surface area contributed by atoms with Gasteiger partial charge < -0.3 is 0 Å². The predicted molar refractivity (Wildman–Crippen MR) is 191 cm³/mol. The van der Waals surface area contributed by atoms with Gasteiger partial charge in [0.1, 0.15) is 0 Å². The van der Waals surface area contributed by atoms with E-state index >= 15 is 0 Å². The molecule has 2 amide bonds.